The van der Waals surface area contributed by atoms with E-state index in [-0.39, 0.29) is 0 Å². The molecule has 1 rings (SSSR count). The molecule has 0 saturated carbocycles. The Kier molecular flexibility index (Phi) is 6.79. The fourth-order valence-electron chi connectivity index (χ4n) is 1.57. The molecule has 0 aliphatic rings. The number of amidine groups is 1. The highest BCUT2D eigenvalue weighted by molar-refractivity contribution is 5.96. The van der Waals surface area contributed by atoms with Crippen LogP contribution in [0, 0.1) is 0 Å². The minimum Gasteiger partial charge on any atom is -0.394 e. The summed E-state index contributed by atoms with van der Waals surface area (Å²) in [5.74, 6) is 0.367. The number of nitrogens with zero attached hydrogens (tertiary/aromatic N) is 3. The van der Waals surface area contributed by atoms with E-state index in [1.807, 2.05) is 12.1 Å². The number of pyridine rings is 1. The number of oxime groups is 1. The minimum atomic E-state index is 0.367. The predicted molar refractivity (Wildman–Crippen MR) is 73.3 cm³/mol. The summed E-state index contributed by atoms with van der Waals surface area (Å²) in [6.07, 6.45) is 4.31. The van der Waals surface area contributed by atoms with Gasteiger partial charge in [0.05, 0.1) is 0 Å². The Balaban J connectivity index is 2.24. The lowest BCUT2D eigenvalue weighted by Crippen LogP contribution is -2.24. The summed E-state index contributed by atoms with van der Waals surface area (Å²) in [6.45, 7) is 8.05. The van der Waals surface area contributed by atoms with Crippen molar-refractivity contribution in [2.24, 2.45) is 10.9 Å². The smallest absolute Gasteiger partial charge is 0.171 e. The van der Waals surface area contributed by atoms with Gasteiger partial charge in [-0.05, 0) is 31.6 Å². The first-order chi connectivity index (χ1) is 8.77. The first kappa shape index (κ1) is 14.4. The van der Waals surface area contributed by atoms with Crippen LogP contribution in [0.4, 0.5) is 0 Å². The van der Waals surface area contributed by atoms with Crippen LogP contribution >= 0.6 is 0 Å². The lowest BCUT2D eigenvalue weighted by atomic mass is 10.3. The highest BCUT2D eigenvalue weighted by Crippen LogP contribution is 1.96. The van der Waals surface area contributed by atoms with Gasteiger partial charge in [-0.15, -0.1) is 0 Å². The van der Waals surface area contributed by atoms with Crippen LogP contribution in [0.3, 0.4) is 0 Å². The van der Waals surface area contributed by atoms with Crippen molar-refractivity contribution in [1.29, 1.82) is 0 Å². The van der Waals surface area contributed by atoms with Gasteiger partial charge in [0, 0.05) is 24.5 Å². The fourth-order valence-corrected chi connectivity index (χ4v) is 1.57. The van der Waals surface area contributed by atoms with Gasteiger partial charge in [-0.25, -0.2) is 0 Å². The molecule has 0 radical (unpaired) electrons. The molecule has 0 aromatic carbocycles. The molecule has 0 fully saturated rings. The third kappa shape index (κ3) is 5.14. The van der Waals surface area contributed by atoms with Crippen molar-refractivity contribution in [3.63, 3.8) is 0 Å². The van der Waals surface area contributed by atoms with Crippen LogP contribution in [-0.2, 0) is 4.84 Å². The van der Waals surface area contributed by atoms with Gasteiger partial charge >= 0.3 is 0 Å². The van der Waals surface area contributed by atoms with Gasteiger partial charge in [0.25, 0.3) is 0 Å². The molecule has 2 N–H and O–H groups in total. The zero-order valence-corrected chi connectivity index (χ0v) is 11.2. The second-order valence-electron chi connectivity index (χ2n) is 3.93. The molecule has 0 aliphatic heterocycles. The largest absolute Gasteiger partial charge is 0.394 e. The fraction of sp³-hybridized carbons (Fsp3) is 0.538. The maximum Gasteiger partial charge on any atom is 0.171 e. The molecule has 5 heteroatoms. The maximum atomic E-state index is 5.76. The summed E-state index contributed by atoms with van der Waals surface area (Å²) in [5, 5.41) is 3.88. The molecule has 0 amide bonds. The van der Waals surface area contributed by atoms with Crippen LogP contribution < -0.4 is 5.73 Å². The second kappa shape index (κ2) is 8.47. The lowest BCUT2D eigenvalue weighted by Gasteiger charge is -2.16. The van der Waals surface area contributed by atoms with Crippen LogP contribution in [0.15, 0.2) is 29.7 Å². The summed E-state index contributed by atoms with van der Waals surface area (Å²) < 4.78 is 0. The Morgan fingerprint density at radius 2 is 2.22 bits per heavy atom. The van der Waals surface area contributed by atoms with E-state index in [0.29, 0.717) is 12.4 Å². The van der Waals surface area contributed by atoms with Crippen LogP contribution in [0.25, 0.3) is 0 Å². The Hall–Kier alpha value is -1.62. The molecule has 1 aromatic rings. The van der Waals surface area contributed by atoms with Crippen molar-refractivity contribution in [3.8, 4) is 0 Å². The Bertz CT molecular complexity index is 349. The minimum absolute atomic E-state index is 0.367. The van der Waals surface area contributed by atoms with Crippen molar-refractivity contribution in [3.05, 3.63) is 30.1 Å². The second-order valence-corrected chi connectivity index (χ2v) is 3.93. The molecule has 0 bridgehead atoms. The first-order valence-electron chi connectivity index (χ1n) is 6.36. The summed E-state index contributed by atoms with van der Waals surface area (Å²) >= 11 is 0. The molecule has 5 nitrogen and oxygen atoms in total. The van der Waals surface area contributed by atoms with Gasteiger partial charge in [-0.3, -0.25) is 4.98 Å². The number of aromatic nitrogens is 1. The van der Waals surface area contributed by atoms with E-state index in [2.05, 4.69) is 28.9 Å². The van der Waals surface area contributed by atoms with Gasteiger partial charge in [-0.1, -0.05) is 19.0 Å². The van der Waals surface area contributed by atoms with E-state index in [9.17, 15) is 0 Å². The quantitative estimate of drug-likeness (QED) is 0.328. The van der Waals surface area contributed by atoms with E-state index in [4.69, 9.17) is 10.6 Å². The summed E-state index contributed by atoms with van der Waals surface area (Å²) in [6, 6.07) is 3.67. The number of nitrogens with two attached hydrogens (primary N) is 1. The molecule has 1 aromatic heterocycles. The highest BCUT2D eigenvalue weighted by atomic mass is 16.6. The van der Waals surface area contributed by atoms with E-state index in [1.54, 1.807) is 12.4 Å². The van der Waals surface area contributed by atoms with E-state index in [0.717, 1.165) is 31.6 Å². The third-order valence-electron chi connectivity index (χ3n) is 2.72. The van der Waals surface area contributed by atoms with Crippen molar-refractivity contribution < 1.29 is 4.84 Å². The maximum absolute atomic E-state index is 5.76. The highest BCUT2D eigenvalue weighted by Gasteiger charge is 1.99. The summed E-state index contributed by atoms with van der Waals surface area (Å²) in [5.41, 5.74) is 6.54. The van der Waals surface area contributed by atoms with Gasteiger partial charge in [-0.2, -0.15) is 0 Å². The molecule has 0 unspecified atom stereocenters. The van der Waals surface area contributed by atoms with Crippen molar-refractivity contribution in [2.45, 2.75) is 20.3 Å². The number of hydrogen-bond acceptors (Lipinski definition) is 4. The monoisotopic (exact) mass is 250 g/mol. The SMILES string of the molecule is CCN(CC)CCCON=C(N)c1cccnc1. The first-order valence-corrected chi connectivity index (χ1v) is 6.36. The molecule has 18 heavy (non-hydrogen) atoms. The molecular weight excluding hydrogens is 228 g/mol. The van der Waals surface area contributed by atoms with Crippen LogP contribution in [-0.4, -0.2) is 42.0 Å². The summed E-state index contributed by atoms with van der Waals surface area (Å²) in [7, 11) is 0. The van der Waals surface area contributed by atoms with Crippen molar-refractivity contribution >= 4 is 5.84 Å². The van der Waals surface area contributed by atoms with Gasteiger partial charge in [0.15, 0.2) is 5.84 Å². The standard InChI is InChI=1S/C13H22N4O/c1-3-17(4-2)9-6-10-18-16-13(14)12-7-5-8-15-11-12/h5,7-8,11H,3-4,6,9-10H2,1-2H3,(H2,14,16). The topological polar surface area (TPSA) is 63.7 Å². The Morgan fingerprint density at radius 3 is 2.83 bits per heavy atom. The van der Waals surface area contributed by atoms with Crippen LogP contribution in [0.1, 0.15) is 25.8 Å². The molecular formula is C13H22N4O. The summed E-state index contributed by atoms with van der Waals surface area (Å²) in [4.78, 5) is 11.5. The Morgan fingerprint density at radius 1 is 1.44 bits per heavy atom. The van der Waals surface area contributed by atoms with Crippen molar-refractivity contribution in [2.75, 3.05) is 26.2 Å². The van der Waals surface area contributed by atoms with E-state index in [1.165, 1.54) is 0 Å². The van der Waals surface area contributed by atoms with Crippen LogP contribution in [0.5, 0.6) is 0 Å². The number of rotatable bonds is 8. The zero-order chi connectivity index (χ0) is 13.2. The molecule has 0 spiro atoms. The molecule has 0 atom stereocenters. The predicted octanol–water partition coefficient (Wildman–Crippen LogP) is 1.45. The van der Waals surface area contributed by atoms with Gasteiger partial charge in [0.1, 0.15) is 6.61 Å². The molecule has 1 heterocycles. The molecule has 0 aliphatic carbocycles. The molecule has 100 valence electrons. The third-order valence-corrected chi connectivity index (χ3v) is 2.72. The van der Waals surface area contributed by atoms with E-state index >= 15 is 0 Å². The number of hydrogen-bond donors (Lipinski definition) is 1. The Labute approximate surface area is 109 Å². The van der Waals surface area contributed by atoms with E-state index < -0.39 is 0 Å². The van der Waals surface area contributed by atoms with Crippen LogP contribution in [0.2, 0.25) is 0 Å². The zero-order valence-electron chi connectivity index (χ0n) is 11.2. The average molecular weight is 250 g/mol. The lowest BCUT2D eigenvalue weighted by molar-refractivity contribution is 0.130. The normalized spacial score (nSPS) is 11.8. The average Bonchev–Trinajstić information content (AvgIpc) is 2.43. The molecule has 0 saturated heterocycles. The van der Waals surface area contributed by atoms with Gasteiger partial charge in [0.2, 0.25) is 0 Å². The van der Waals surface area contributed by atoms with Crippen molar-refractivity contribution in [1.82, 2.24) is 9.88 Å². The van der Waals surface area contributed by atoms with Gasteiger partial charge < -0.3 is 15.5 Å².